The molecular weight excluding hydrogens is 284 g/mol. The van der Waals surface area contributed by atoms with Gasteiger partial charge >= 0.3 is 0 Å². The summed E-state index contributed by atoms with van der Waals surface area (Å²) in [5.74, 6) is 0.0964. The van der Waals surface area contributed by atoms with Crippen LogP contribution in [0, 0.1) is 0 Å². The van der Waals surface area contributed by atoms with Crippen LogP contribution in [0.4, 0.5) is 0 Å². The molecule has 0 spiro atoms. The second-order valence-corrected chi connectivity index (χ2v) is 7.40. The second-order valence-electron chi connectivity index (χ2n) is 7.40. The lowest BCUT2D eigenvalue weighted by Gasteiger charge is -2.37. The molecule has 0 amide bonds. The van der Waals surface area contributed by atoms with Crippen LogP contribution >= 0.6 is 0 Å². The van der Waals surface area contributed by atoms with Gasteiger partial charge in [0.05, 0.1) is 0 Å². The van der Waals surface area contributed by atoms with Gasteiger partial charge in [-0.15, -0.1) is 0 Å². The van der Waals surface area contributed by atoms with Crippen LogP contribution in [-0.2, 0) is 29.7 Å². The van der Waals surface area contributed by atoms with Crippen LogP contribution in [0.2, 0.25) is 0 Å². The summed E-state index contributed by atoms with van der Waals surface area (Å²) < 4.78 is 0. The highest BCUT2D eigenvalue weighted by Crippen LogP contribution is 2.65. The number of carbonyl (C=O) groups excluding carboxylic acids is 1. The second kappa shape index (κ2) is 2.98. The van der Waals surface area contributed by atoms with E-state index in [0.29, 0.717) is 12.8 Å². The molecule has 108 valence electrons. The Kier molecular flexibility index (Phi) is 1.44. The van der Waals surface area contributed by atoms with Crippen molar-refractivity contribution in [3.63, 3.8) is 0 Å². The van der Waals surface area contributed by atoms with E-state index in [9.17, 15) is 9.90 Å². The first kappa shape index (κ1) is 11.1. The summed E-state index contributed by atoms with van der Waals surface area (Å²) in [5, 5.41) is 11.8. The van der Waals surface area contributed by atoms with Crippen LogP contribution in [0.15, 0.2) is 41.5 Å². The first-order valence-electron chi connectivity index (χ1n) is 8.20. The van der Waals surface area contributed by atoms with Crippen molar-refractivity contribution in [2.24, 2.45) is 0 Å². The fourth-order valence-electron chi connectivity index (χ4n) is 5.66. The average Bonchev–Trinajstić information content (AvgIpc) is 3.16. The fourth-order valence-corrected chi connectivity index (χ4v) is 5.66. The quantitative estimate of drug-likeness (QED) is 0.692. The Bertz CT molecular complexity index is 1110. The predicted octanol–water partition coefficient (Wildman–Crippen LogP) is 2.83. The summed E-state index contributed by atoms with van der Waals surface area (Å²) in [5.41, 5.74) is 11.4. The molecule has 0 saturated heterocycles. The molecule has 2 nitrogen and oxygen atoms in total. The number of carbonyl (C=O) groups is 1. The van der Waals surface area contributed by atoms with Crippen molar-refractivity contribution in [1.82, 2.24) is 0 Å². The van der Waals surface area contributed by atoms with Crippen LogP contribution < -0.4 is 0 Å². The molecule has 0 fully saturated rings. The molecule has 5 aliphatic rings. The number of allylic oxidation sites excluding steroid dienone is 2. The zero-order valence-corrected chi connectivity index (χ0v) is 12.4. The fraction of sp³-hybridized carbons (Fsp3) is 0.190. The Morgan fingerprint density at radius 2 is 1.52 bits per heavy atom. The van der Waals surface area contributed by atoms with Gasteiger partial charge in [0, 0.05) is 23.1 Å². The first-order chi connectivity index (χ1) is 11.2. The molecule has 7 rings (SSSR count). The van der Waals surface area contributed by atoms with E-state index in [-0.39, 0.29) is 5.78 Å². The highest BCUT2D eigenvalue weighted by atomic mass is 16.3. The van der Waals surface area contributed by atoms with Gasteiger partial charge < -0.3 is 5.11 Å². The summed E-state index contributed by atoms with van der Waals surface area (Å²) in [6, 6.07) is 8.75. The lowest BCUT2D eigenvalue weighted by molar-refractivity contribution is -0.111. The van der Waals surface area contributed by atoms with Crippen molar-refractivity contribution in [3.8, 4) is 11.1 Å². The van der Waals surface area contributed by atoms with Crippen molar-refractivity contribution in [2.75, 3.05) is 0 Å². The van der Waals surface area contributed by atoms with Gasteiger partial charge in [-0.2, -0.15) is 0 Å². The third kappa shape index (κ3) is 0.905. The standard InChI is InChI=1S/C21H12O2/c22-15-8-13-6-12-4-3-10-5-9-1-2-11-7-14(15)20-18(11)16(9)17(10)19(12)21(13,20)23/h1-4,8,23H,5-7H2/t21-/m0/s1. The molecule has 1 atom stereocenters. The lowest BCUT2D eigenvalue weighted by atomic mass is 9.69. The summed E-state index contributed by atoms with van der Waals surface area (Å²) in [7, 11) is 0. The predicted molar refractivity (Wildman–Crippen MR) is 86.0 cm³/mol. The number of rotatable bonds is 0. The van der Waals surface area contributed by atoms with Crippen molar-refractivity contribution in [3.05, 3.63) is 74.9 Å². The van der Waals surface area contributed by atoms with E-state index in [1.54, 1.807) is 6.08 Å². The van der Waals surface area contributed by atoms with Crippen LogP contribution in [0.3, 0.4) is 0 Å². The van der Waals surface area contributed by atoms with E-state index < -0.39 is 5.60 Å². The third-order valence-corrected chi connectivity index (χ3v) is 6.48. The number of aliphatic hydroxyl groups is 1. The molecular formula is C21H12O2. The highest BCUT2D eigenvalue weighted by molar-refractivity contribution is 6.19. The Morgan fingerprint density at radius 3 is 2.35 bits per heavy atom. The maximum atomic E-state index is 12.6. The summed E-state index contributed by atoms with van der Waals surface area (Å²) in [4.78, 5) is 12.6. The SMILES string of the molecule is O=C1C=C2Cc3ccc4c5c3[C@]2(O)C2=C1Cc1ccc(c-5c12)C4. The van der Waals surface area contributed by atoms with Crippen molar-refractivity contribution in [1.29, 1.82) is 0 Å². The van der Waals surface area contributed by atoms with Gasteiger partial charge in [0.2, 0.25) is 0 Å². The van der Waals surface area contributed by atoms with Crippen LogP contribution in [0.5, 0.6) is 0 Å². The zero-order chi connectivity index (χ0) is 15.1. The monoisotopic (exact) mass is 296 g/mol. The van der Waals surface area contributed by atoms with E-state index in [1.807, 2.05) is 0 Å². The van der Waals surface area contributed by atoms with Gasteiger partial charge in [0.1, 0.15) is 5.60 Å². The van der Waals surface area contributed by atoms with Crippen LogP contribution in [0.1, 0.15) is 33.4 Å². The Morgan fingerprint density at radius 1 is 0.826 bits per heavy atom. The van der Waals surface area contributed by atoms with E-state index in [2.05, 4.69) is 24.3 Å². The average molecular weight is 296 g/mol. The number of ketones is 1. The Labute approximate surface area is 132 Å². The molecule has 5 aliphatic carbocycles. The van der Waals surface area contributed by atoms with E-state index >= 15 is 0 Å². The normalized spacial score (nSPS) is 26.3. The topological polar surface area (TPSA) is 37.3 Å². The largest absolute Gasteiger partial charge is 0.376 e. The van der Waals surface area contributed by atoms with Gasteiger partial charge in [0.15, 0.2) is 5.78 Å². The first-order valence-corrected chi connectivity index (χ1v) is 8.20. The van der Waals surface area contributed by atoms with Crippen molar-refractivity contribution >= 4 is 11.4 Å². The van der Waals surface area contributed by atoms with E-state index in [0.717, 1.165) is 28.7 Å². The van der Waals surface area contributed by atoms with Crippen molar-refractivity contribution < 1.29 is 9.90 Å². The molecule has 2 aromatic rings. The number of hydrogen-bond acceptors (Lipinski definition) is 2. The molecule has 0 saturated carbocycles. The maximum absolute atomic E-state index is 12.6. The zero-order valence-electron chi connectivity index (χ0n) is 12.4. The minimum absolute atomic E-state index is 0.0964. The minimum atomic E-state index is -1.05. The lowest BCUT2D eigenvalue weighted by Crippen LogP contribution is -2.34. The smallest absolute Gasteiger partial charge is 0.182 e. The van der Waals surface area contributed by atoms with Gasteiger partial charge in [-0.3, -0.25) is 4.79 Å². The van der Waals surface area contributed by atoms with E-state index in [4.69, 9.17) is 0 Å². The van der Waals surface area contributed by atoms with E-state index in [1.165, 1.54) is 38.9 Å². The highest BCUT2D eigenvalue weighted by Gasteiger charge is 2.56. The molecule has 0 heterocycles. The maximum Gasteiger partial charge on any atom is 0.182 e. The summed E-state index contributed by atoms with van der Waals surface area (Å²) in [6.45, 7) is 0. The van der Waals surface area contributed by atoms with Gasteiger partial charge in [-0.05, 0) is 63.4 Å². The Balaban J connectivity index is 1.82. The number of benzene rings is 2. The number of hydrogen-bond donors (Lipinski definition) is 1. The van der Waals surface area contributed by atoms with Gasteiger partial charge in [0.25, 0.3) is 0 Å². The molecule has 0 unspecified atom stereocenters. The molecule has 0 bridgehead atoms. The molecule has 23 heavy (non-hydrogen) atoms. The molecule has 0 radical (unpaired) electrons. The van der Waals surface area contributed by atoms with Crippen LogP contribution in [0.25, 0.3) is 16.7 Å². The Hall–Kier alpha value is -2.45. The summed E-state index contributed by atoms with van der Waals surface area (Å²) >= 11 is 0. The molecule has 2 aromatic carbocycles. The molecule has 0 aliphatic heterocycles. The molecule has 1 N–H and O–H groups in total. The van der Waals surface area contributed by atoms with Gasteiger partial charge in [-0.25, -0.2) is 0 Å². The molecule has 0 aromatic heterocycles. The van der Waals surface area contributed by atoms with Gasteiger partial charge in [-0.1, -0.05) is 24.3 Å². The minimum Gasteiger partial charge on any atom is -0.376 e. The van der Waals surface area contributed by atoms with Crippen molar-refractivity contribution in [2.45, 2.75) is 24.9 Å². The summed E-state index contributed by atoms with van der Waals surface area (Å²) in [6.07, 6.45) is 4.01. The molecule has 2 heteroatoms. The third-order valence-electron chi connectivity index (χ3n) is 6.48. The van der Waals surface area contributed by atoms with Crippen LogP contribution in [-0.4, -0.2) is 10.9 Å².